The van der Waals surface area contributed by atoms with Crippen LogP contribution in [0.15, 0.2) is 41.6 Å². The number of nitrogens with zero attached hydrogens (tertiary/aromatic N) is 3. The maximum absolute atomic E-state index is 12.9. The van der Waals surface area contributed by atoms with Gasteiger partial charge in [-0.15, -0.1) is 21.5 Å². The molecule has 1 N–H and O–H groups in total. The number of aromatic nitrogens is 3. The van der Waals surface area contributed by atoms with Crippen LogP contribution in [0.1, 0.15) is 60.6 Å². The molecule has 0 atom stereocenters. The number of amides is 1. The van der Waals surface area contributed by atoms with E-state index in [-0.39, 0.29) is 5.91 Å². The first kappa shape index (κ1) is 22.9. The van der Waals surface area contributed by atoms with Crippen molar-refractivity contribution >= 4 is 29.0 Å². The number of aryl methyl sites for hydroxylation is 1. The van der Waals surface area contributed by atoms with E-state index in [1.807, 2.05) is 43.3 Å². The van der Waals surface area contributed by atoms with Crippen molar-refractivity contribution in [3.05, 3.63) is 47.1 Å². The number of carbonyl (C=O) groups is 1. The molecule has 0 radical (unpaired) electrons. The fourth-order valence-corrected chi connectivity index (χ4v) is 5.81. The van der Waals surface area contributed by atoms with Crippen LogP contribution in [-0.2, 0) is 6.42 Å². The average Bonchev–Trinajstić information content (AvgIpc) is 3.56. The summed E-state index contributed by atoms with van der Waals surface area (Å²) in [4.78, 5) is 14.6. The number of carbonyl (C=O) groups excluding carboxylic acids is 1. The Balaban J connectivity index is 1.38. The van der Waals surface area contributed by atoms with E-state index in [4.69, 9.17) is 4.74 Å². The standard InChI is InChI=1S/C24H30N4O2S2/c1-3-30-19-16-20(17-10-5-4-6-11-17)32-22(19)23(29)25-15-9-14-21-26-27-24(31-2)28(21)18-12-7-8-13-18/h4-6,10-11,16,18H,3,7-9,12-15H2,1-2H3,(H,25,29). The van der Waals surface area contributed by atoms with Gasteiger partial charge in [0.15, 0.2) is 5.16 Å². The zero-order valence-corrected chi connectivity index (χ0v) is 20.3. The maximum Gasteiger partial charge on any atom is 0.265 e. The summed E-state index contributed by atoms with van der Waals surface area (Å²) >= 11 is 3.13. The van der Waals surface area contributed by atoms with E-state index in [9.17, 15) is 4.79 Å². The monoisotopic (exact) mass is 470 g/mol. The van der Waals surface area contributed by atoms with E-state index in [0.717, 1.165) is 34.3 Å². The van der Waals surface area contributed by atoms with Gasteiger partial charge in [0.05, 0.1) is 6.61 Å². The summed E-state index contributed by atoms with van der Waals surface area (Å²) in [6, 6.07) is 12.6. The van der Waals surface area contributed by atoms with Crippen molar-refractivity contribution in [1.82, 2.24) is 20.1 Å². The molecule has 1 saturated carbocycles. The van der Waals surface area contributed by atoms with Crippen molar-refractivity contribution in [2.75, 3.05) is 19.4 Å². The summed E-state index contributed by atoms with van der Waals surface area (Å²) in [5.74, 6) is 1.61. The van der Waals surface area contributed by atoms with E-state index in [2.05, 4.69) is 26.3 Å². The molecule has 0 saturated heterocycles. The lowest BCUT2D eigenvalue weighted by Crippen LogP contribution is -2.24. The molecule has 1 aliphatic carbocycles. The Hall–Kier alpha value is -2.32. The number of thiophene rings is 1. The van der Waals surface area contributed by atoms with Crippen LogP contribution < -0.4 is 10.1 Å². The number of ether oxygens (including phenoxy) is 1. The van der Waals surface area contributed by atoms with E-state index < -0.39 is 0 Å². The van der Waals surface area contributed by atoms with Gasteiger partial charge in [-0.2, -0.15) is 0 Å². The minimum Gasteiger partial charge on any atom is -0.492 e. The molecular weight excluding hydrogens is 440 g/mol. The van der Waals surface area contributed by atoms with Gasteiger partial charge >= 0.3 is 0 Å². The molecule has 1 aromatic carbocycles. The normalized spacial score (nSPS) is 14.1. The molecule has 1 fully saturated rings. The molecular formula is C24H30N4O2S2. The zero-order valence-electron chi connectivity index (χ0n) is 18.7. The first-order valence-corrected chi connectivity index (χ1v) is 13.3. The number of hydrogen-bond acceptors (Lipinski definition) is 6. The van der Waals surface area contributed by atoms with Gasteiger partial charge in [0.1, 0.15) is 16.5 Å². The molecule has 32 heavy (non-hydrogen) atoms. The van der Waals surface area contributed by atoms with E-state index >= 15 is 0 Å². The quantitative estimate of drug-likeness (QED) is 0.308. The molecule has 4 rings (SSSR count). The van der Waals surface area contributed by atoms with E-state index in [1.54, 1.807) is 11.8 Å². The highest BCUT2D eigenvalue weighted by Gasteiger charge is 2.23. The fourth-order valence-electron chi connectivity index (χ4n) is 4.21. The number of nitrogens with one attached hydrogen (secondary N) is 1. The topological polar surface area (TPSA) is 69.0 Å². The third-order valence-corrected chi connectivity index (χ3v) is 7.54. The molecule has 2 heterocycles. The Kier molecular flexibility index (Phi) is 7.86. The second-order valence-corrected chi connectivity index (χ2v) is 9.70. The highest BCUT2D eigenvalue weighted by Crippen LogP contribution is 2.36. The minimum absolute atomic E-state index is 0.0808. The van der Waals surface area contributed by atoms with Crippen molar-refractivity contribution in [2.24, 2.45) is 0 Å². The average molecular weight is 471 g/mol. The van der Waals surface area contributed by atoms with E-state index in [0.29, 0.717) is 29.8 Å². The van der Waals surface area contributed by atoms with Crippen LogP contribution >= 0.6 is 23.1 Å². The summed E-state index contributed by atoms with van der Waals surface area (Å²) in [6.07, 6.45) is 8.66. The Labute approximate surface area is 197 Å². The van der Waals surface area contributed by atoms with Gasteiger partial charge < -0.3 is 14.6 Å². The molecule has 0 bridgehead atoms. The first-order valence-electron chi connectivity index (χ1n) is 11.3. The van der Waals surface area contributed by atoms with Gasteiger partial charge in [-0.05, 0) is 44.1 Å². The summed E-state index contributed by atoms with van der Waals surface area (Å²) in [6.45, 7) is 3.06. The predicted octanol–water partition coefficient (Wildman–Crippen LogP) is 5.60. The van der Waals surface area contributed by atoms with Crippen LogP contribution in [0.2, 0.25) is 0 Å². The smallest absolute Gasteiger partial charge is 0.265 e. The third-order valence-electron chi connectivity index (χ3n) is 5.73. The third kappa shape index (κ3) is 5.18. The molecule has 8 heteroatoms. The molecule has 2 aromatic heterocycles. The van der Waals surface area contributed by atoms with Crippen molar-refractivity contribution < 1.29 is 9.53 Å². The van der Waals surface area contributed by atoms with Crippen molar-refractivity contribution in [2.45, 2.75) is 56.6 Å². The van der Waals surface area contributed by atoms with Crippen LogP contribution in [0, 0.1) is 0 Å². The Bertz CT molecular complexity index is 1030. The van der Waals surface area contributed by atoms with Crippen molar-refractivity contribution in [3.63, 3.8) is 0 Å². The summed E-state index contributed by atoms with van der Waals surface area (Å²) in [7, 11) is 0. The lowest BCUT2D eigenvalue weighted by Gasteiger charge is -2.16. The second-order valence-electron chi connectivity index (χ2n) is 7.87. The molecule has 3 aromatic rings. The Morgan fingerprint density at radius 1 is 1.25 bits per heavy atom. The highest BCUT2D eigenvalue weighted by molar-refractivity contribution is 7.98. The van der Waals surface area contributed by atoms with E-state index in [1.165, 1.54) is 37.0 Å². The molecule has 1 amide bonds. The number of hydrogen-bond donors (Lipinski definition) is 1. The fraction of sp³-hybridized carbons (Fsp3) is 0.458. The molecule has 6 nitrogen and oxygen atoms in total. The lowest BCUT2D eigenvalue weighted by molar-refractivity contribution is 0.0954. The molecule has 170 valence electrons. The van der Waals surface area contributed by atoms with Crippen LogP contribution in [0.5, 0.6) is 5.75 Å². The maximum atomic E-state index is 12.9. The number of rotatable bonds is 10. The van der Waals surface area contributed by atoms with Crippen molar-refractivity contribution in [1.29, 1.82) is 0 Å². The SMILES string of the molecule is CCOc1cc(-c2ccccc2)sc1C(=O)NCCCc1nnc(SC)n1C1CCCC1. The van der Waals surface area contributed by atoms with Gasteiger partial charge in [0.25, 0.3) is 5.91 Å². The van der Waals surface area contributed by atoms with Gasteiger partial charge in [-0.1, -0.05) is 54.9 Å². The minimum atomic E-state index is -0.0808. The highest BCUT2D eigenvalue weighted by atomic mass is 32.2. The zero-order chi connectivity index (χ0) is 22.3. The van der Waals surface area contributed by atoms with Crippen molar-refractivity contribution in [3.8, 4) is 16.2 Å². The molecule has 0 unspecified atom stereocenters. The number of benzene rings is 1. The van der Waals surface area contributed by atoms with Gasteiger partial charge in [0.2, 0.25) is 0 Å². The molecule has 0 aliphatic heterocycles. The molecule has 1 aliphatic rings. The Morgan fingerprint density at radius 3 is 2.75 bits per heavy atom. The van der Waals surface area contributed by atoms with Gasteiger partial charge in [-0.3, -0.25) is 4.79 Å². The van der Waals surface area contributed by atoms with Gasteiger partial charge in [-0.25, -0.2) is 0 Å². The lowest BCUT2D eigenvalue weighted by atomic mass is 10.2. The van der Waals surface area contributed by atoms with Gasteiger partial charge in [0, 0.05) is 23.9 Å². The second kappa shape index (κ2) is 11.0. The Morgan fingerprint density at radius 2 is 2.03 bits per heavy atom. The predicted molar refractivity (Wildman–Crippen MR) is 131 cm³/mol. The molecule has 0 spiro atoms. The first-order chi connectivity index (χ1) is 15.7. The van der Waals surface area contributed by atoms with Crippen LogP contribution in [0.3, 0.4) is 0 Å². The summed E-state index contributed by atoms with van der Waals surface area (Å²) < 4.78 is 8.08. The van der Waals surface area contributed by atoms with Crippen LogP contribution in [-0.4, -0.2) is 40.1 Å². The summed E-state index contributed by atoms with van der Waals surface area (Å²) in [5, 5.41) is 12.9. The van der Waals surface area contributed by atoms with Crippen LogP contribution in [0.25, 0.3) is 10.4 Å². The largest absolute Gasteiger partial charge is 0.492 e. The summed E-state index contributed by atoms with van der Waals surface area (Å²) in [5.41, 5.74) is 1.09. The number of thioether (sulfide) groups is 1. The van der Waals surface area contributed by atoms with Crippen LogP contribution in [0.4, 0.5) is 0 Å².